The van der Waals surface area contributed by atoms with Crippen LogP contribution in [0.3, 0.4) is 0 Å². The summed E-state index contributed by atoms with van der Waals surface area (Å²) in [6.45, 7) is 0. The molecule has 0 atom stereocenters. The van der Waals surface area contributed by atoms with Gasteiger partial charge in [-0.1, -0.05) is 92.5 Å². The molecule has 32 heavy (non-hydrogen) atoms. The Kier molecular flexibility index (Phi) is 4.63. The van der Waals surface area contributed by atoms with E-state index in [0.717, 1.165) is 30.5 Å². The lowest BCUT2D eigenvalue weighted by Gasteiger charge is -2.09. The molecule has 1 nitrogen and oxygen atoms in total. The van der Waals surface area contributed by atoms with Crippen LogP contribution in [0.25, 0.3) is 43.1 Å². The number of rotatable bonds is 2. The van der Waals surface area contributed by atoms with Crippen molar-refractivity contribution in [3.8, 4) is 0 Å². The number of ketones is 1. The Labute approximate surface area is 201 Å². The second-order valence-corrected chi connectivity index (χ2v) is 9.89. The monoisotopic (exact) mass is 538 g/mol. The molecular weight excluding hydrogens is 524 g/mol. The first-order valence-electron chi connectivity index (χ1n) is 10.4. The van der Waals surface area contributed by atoms with E-state index in [0.29, 0.717) is 11.1 Å². The van der Waals surface area contributed by atoms with Crippen LogP contribution in [0.4, 0.5) is 0 Å². The van der Waals surface area contributed by atoms with Gasteiger partial charge in [-0.15, -0.1) is 0 Å². The second-order valence-electron chi connectivity index (χ2n) is 8.06. The van der Waals surface area contributed by atoms with Gasteiger partial charge in [0, 0.05) is 20.1 Å². The molecule has 6 rings (SSSR count). The lowest BCUT2D eigenvalue weighted by Crippen LogP contribution is -2.01. The van der Waals surface area contributed by atoms with Crippen LogP contribution in [0.5, 0.6) is 0 Å². The molecule has 6 aromatic carbocycles. The molecule has 0 saturated carbocycles. The van der Waals surface area contributed by atoms with Crippen molar-refractivity contribution in [2.75, 3.05) is 0 Å². The number of benzene rings is 6. The summed E-state index contributed by atoms with van der Waals surface area (Å²) >= 11 is 7.08. The van der Waals surface area contributed by atoms with E-state index >= 15 is 0 Å². The van der Waals surface area contributed by atoms with Crippen molar-refractivity contribution in [1.29, 1.82) is 0 Å². The summed E-state index contributed by atoms with van der Waals surface area (Å²) in [5.41, 5.74) is 1.41. The smallest absolute Gasteiger partial charge is 0.193 e. The molecule has 3 heteroatoms. The summed E-state index contributed by atoms with van der Waals surface area (Å²) in [4.78, 5) is 13.3. The van der Waals surface area contributed by atoms with E-state index in [-0.39, 0.29) is 5.78 Å². The molecule has 0 aliphatic rings. The Morgan fingerprint density at radius 3 is 1.19 bits per heavy atom. The first-order chi connectivity index (χ1) is 15.6. The number of hydrogen-bond acceptors (Lipinski definition) is 1. The molecular formula is C29H16Br2O. The van der Waals surface area contributed by atoms with Crippen LogP contribution in [-0.2, 0) is 0 Å². The highest BCUT2D eigenvalue weighted by molar-refractivity contribution is 9.10. The molecule has 0 unspecified atom stereocenters. The summed E-state index contributed by atoms with van der Waals surface area (Å²) in [5, 5.41) is 9.19. The number of fused-ring (bicyclic) bond motifs is 6. The SMILES string of the molecule is O=C(c1ccc2c(ccc3cc(Br)ccc32)c1)c1ccc2c(ccc3cc(Br)ccc32)c1. The van der Waals surface area contributed by atoms with Gasteiger partial charge >= 0.3 is 0 Å². The Hall–Kier alpha value is -3.01. The summed E-state index contributed by atoms with van der Waals surface area (Å²) in [6, 6.07) is 33.0. The molecule has 0 aliphatic heterocycles. The number of carbonyl (C=O) groups is 1. The third kappa shape index (κ3) is 3.24. The molecule has 0 heterocycles. The second kappa shape index (κ2) is 7.54. The van der Waals surface area contributed by atoms with Crippen LogP contribution in [-0.4, -0.2) is 5.78 Å². The van der Waals surface area contributed by atoms with E-state index in [1.54, 1.807) is 0 Å². The van der Waals surface area contributed by atoms with Crippen molar-refractivity contribution in [3.05, 3.63) is 117 Å². The van der Waals surface area contributed by atoms with Gasteiger partial charge in [-0.3, -0.25) is 4.79 Å². The van der Waals surface area contributed by atoms with Crippen molar-refractivity contribution in [2.45, 2.75) is 0 Å². The van der Waals surface area contributed by atoms with E-state index in [1.807, 2.05) is 24.3 Å². The first kappa shape index (κ1) is 19.7. The molecule has 0 aliphatic carbocycles. The molecule has 152 valence electrons. The van der Waals surface area contributed by atoms with E-state index in [4.69, 9.17) is 0 Å². The average molecular weight is 540 g/mol. The molecule has 0 fully saturated rings. The fourth-order valence-electron chi connectivity index (χ4n) is 4.53. The van der Waals surface area contributed by atoms with E-state index in [1.165, 1.54) is 21.5 Å². The molecule has 0 N–H and O–H groups in total. The highest BCUT2D eigenvalue weighted by Crippen LogP contribution is 2.31. The zero-order chi connectivity index (χ0) is 21.8. The van der Waals surface area contributed by atoms with Crippen molar-refractivity contribution >= 4 is 80.7 Å². The average Bonchev–Trinajstić information content (AvgIpc) is 2.82. The predicted molar refractivity (Wildman–Crippen MR) is 142 cm³/mol. The van der Waals surface area contributed by atoms with E-state index in [9.17, 15) is 4.79 Å². The van der Waals surface area contributed by atoms with Crippen molar-refractivity contribution < 1.29 is 4.79 Å². The molecule has 0 bridgehead atoms. The van der Waals surface area contributed by atoms with Gasteiger partial charge in [0.2, 0.25) is 0 Å². The number of carbonyl (C=O) groups excluding carboxylic acids is 1. The lowest BCUT2D eigenvalue weighted by atomic mass is 9.95. The molecule has 0 radical (unpaired) electrons. The van der Waals surface area contributed by atoms with Gasteiger partial charge in [0.15, 0.2) is 5.78 Å². The zero-order valence-corrected chi connectivity index (χ0v) is 20.1. The summed E-state index contributed by atoms with van der Waals surface area (Å²) in [5.74, 6) is 0.0422. The summed E-state index contributed by atoms with van der Waals surface area (Å²) < 4.78 is 2.13. The van der Waals surface area contributed by atoms with Crippen molar-refractivity contribution in [3.63, 3.8) is 0 Å². The Morgan fingerprint density at radius 1 is 0.438 bits per heavy atom. The molecule has 0 aromatic heterocycles. The standard InChI is InChI=1S/C29H16Br2O/c30-23-7-11-27-19(15-23)3-1-17-13-21(5-9-25(17)27)29(32)22-6-10-26-18(14-22)2-4-20-16-24(31)8-12-28(20)26/h1-16H. The maximum Gasteiger partial charge on any atom is 0.193 e. The highest BCUT2D eigenvalue weighted by atomic mass is 79.9. The lowest BCUT2D eigenvalue weighted by molar-refractivity contribution is 0.103. The maximum absolute atomic E-state index is 13.3. The van der Waals surface area contributed by atoms with E-state index < -0.39 is 0 Å². The third-order valence-electron chi connectivity index (χ3n) is 6.12. The minimum Gasteiger partial charge on any atom is -0.289 e. The largest absolute Gasteiger partial charge is 0.289 e. The van der Waals surface area contributed by atoms with Crippen LogP contribution < -0.4 is 0 Å². The van der Waals surface area contributed by atoms with Crippen LogP contribution in [0.15, 0.2) is 106 Å². The van der Waals surface area contributed by atoms with E-state index in [2.05, 4.69) is 105 Å². The van der Waals surface area contributed by atoms with Crippen molar-refractivity contribution in [2.24, 2.45) is 0 Å². The van der Waals surface area contributed by atoms with Gasteiger partial charge < -0.3 is 0 Å². The van der Waals surface area contributed by atoms with Crippen LogP contribution >= 0.6 is 31.9 Å². The van der Waals surface area contributed by atoms with Gasteiger partial charge in [0.25, 0.3) is 0 Å². The summed E-state index contributed by atoms with van der Waals surface area (Å²) in [7, 11) is 0. The quantitative estimate of drug-likeness (QED) is 0.158. The molecule has 0 spiro atoms. The Morgan fingerprint density at radius 2 is 0.781 bits per heavy atom. The molecule has 6 aromatic rings. The van der Waals surface area contributed by atoms with Gasteiger partial charge in [-0.25, -0.2) is 0 Å². The van der Waals surface area contributed by atoms with Gasteiger partial charge in [-0.05, 0) is 79.5 Å². The fraction of sp³-hybridized carbons (Fsp3) is 0. The third-order valence-corrected chi connectivity index (χ3v) is 7.11. The maximum atomic E-state index is 13.3. The first-order valence-corrected chi connectivity index (χ1v) is 11.9. The Balaban J connectivity index is 1.44. The number of halogens is 2. The van der Waals surface area contributed by atoms with Crippen molar-refractivity contribution in [1.82, 2.24) is 0 Å². The molecule has 0 saturated heterocycles. The fourth-order valence-corrected chi connectivity index (χ4v) is 5.29. The van der Waals surface area contributed by atoms with Gasteiger partial charge in [0.1, 0.15) is 0 Å². The topological polar surface area (TPSA) is 17.1 Å². The zero-order valence-electron chi connectivity index (χ0n) is 16.9. The van der Waals surface area contributed by atoms with Crippen LogP contribution in [0.1, 0.15) is 15.9 Å². The highest BCUT2D eigenvalue weighted by Gasteiger charge is 2.12. The number of hydrogen-bond donors (Lipinski definition) is 0. The minimum absolute atomic E-state index is 0.0422. The Bertz CT molecular complexity index is 1590. The van der Waals surface area contributed by atoms with Gasteiger partial charge in [0.05, 0.1) is 0 Å². The normalized spacial score (nSPS) is 11.6. The minimum atomic E-state index is 0.0422. The molecule has 0 amide bonds. The predicted octanol–water partition coefficient (Wildman–Crippen LogP) is 9.06. The van der Waals surface area contributed by atoms with Crippen LogP contribution in [0, 0.1) is 0 Å². The van der Waals surface area contributed by atoms with Gasteiger partial charge in [-0.2, -0.15) is 0 Å². The van der Waals surface area contributed by atoms with Crippen LogP contribution in [0.2, 0.25) is 0 Å². The summed E-state index contributed by atoms with van der Waals surface area (Å²) in [6.07, 6.45) is 0.